The molecule has 0 atom stereocenters. The van der Waals surface area contributed by atoms with Gasteiger partial charge in [-0.3, -0.25) is 0 Å². The summed E-state index contributed by atoms with van der Waals surface area (Å²) < 4.78 is 26.3. The Labute approximate surface area is 87.1 Å². The van der Waals surface area contributed by atoms with Gasteiger partial charge in [0.2, 0.25) is 0 Å². The Morgan fingerprint density at radius 3 is 1.93 bits per heavy atom. The number of nitrogens with zero attached hydrogens (tertiary/aromatic N) is 2. The van der Waals surface area contributed by atoms with Crippen molar-refractivity contribution in [1.82, 2.24) is 8.61 Å². The third kappa shape index (κ3) is 2.46. The van der Waals surface area contributed by atoms with Crippen LogP contribution in [-0.4, -0.2) is 44.2 Å². The van der Waals surface area contributed by atoms with Crippen LogP contribution in [0.3, 0.4) is 0 Å². The Morgan fingerprint density at radius 1 is 1.14 bits per heavy atom. The molecule has 0 N–H and O–H groups in total. The van der Waals surface area contributed by atoms with Crippen molar-refractivity contribution in [3.63, 3.8) is 0 Å². The van der Waals surface area contributed by atoms with E-state index in [1.165, 1.54) is 4.31 Å². The number of hydrogen-bond donors (Lipinski definition) is 0. The molecule has 0 aliphatic carbocycles. The molecule has 0 amide bonds. The molecule has 0 aromatic heterocycles. The highest BCUT2D eigenvalue weighted by Crippen LogP contribution is 2.30. The normalized spacial score (nSPS) is 24.1. The summed E-state index contributed by atoms with van der Waals surface area (Å²) in [6.07, 6.45) is 1.89. The van der Waals surface area contributed by atoms with Crippen LogP contribution in [0.15, 0.2) is 0 Å². The van der Waals surface area contributed by atoms with Gasteiger partial charge in [-0.2, -0.15) is 17.0 Å². The fraction of sp³-hybridized carbons (Fsp3) is 1.00. The Bertz CT molecular complexity index is 286. The summed E-state index contributed by atoms with van der Waals surface area (Å²) >= 11 is 0. The second-order valence-corrected chi connectivity index (χ2v) is 7.00. The first kappa shape index (κ1) is 11.9. The third-order valence-electron chi connectivity index (χ3n) is 2.86. The molecule has 1 saturated heterocycles. The maximum atomic E-state index is 11.7. The minimum Gasteiger partial charge on any atom is -0.195 e. The molecule has 84 valence electrons. The van der Waals surface area contributed by atoms with E-state index in [1.54, 1.807) is 18.4 Å². The van der Waals surface area contributed by atoms with E-state index in [2.05, 4.69) is 13.8 Å². The summed E-state index contributed by atoms with van der Waals surface area (Å²) in [5, 5.41) is 0. The Morgan fingerprint density at radius 2 is 1.57 bits per heavy atom. The molecule has 0 aromatic carbocycles. The van der Waals surface area contributed by atoms with Crippen molar-refractivity contribution in [3.05, 3.63) is 0 Å². The summed E-state index contributed by atoms with van der Waals surface area (Å²) in [7, 11) is -0.0266. The molecule has 0 radical (unpaired) electrons. The van der Waals surface area contributed by atoms with Crippen molar-refractivity contribution in [3.8, 4) is 0 Å². The molecular formula is C9H20N2O2S. The SMILES string of the molecule is CN(C)S(=O)(=O)N1CCC(C)(C)CC1. The lowest BCUT2D eigenvalue weighted by molar-refractivity contribution is 0.190. The van der Waals surface area contributed by atoms with Gasteiger partial charge in [0.25, 0.3) is 10.2 Å². The quantitative estimate of drug-likeness (QED) is 0.694. The summed E-state index contributed by atoms with van der Waals surface area (Å²) in [6.45, 7) is 5.67. The van der Waals surface area contributed by atoms with Crippen LogP contribution in [0.25, 0.3) is 0 Å². The molecular weight excluding hydrogens is 200 g/mol. The van der Waals surface area contributed by atoms with Crippen LogP contribution in [0.2, 0.25) is 0 Å². The first-order valence-corrected chi connectivity index (χ1v) is 6.33. The van der Waals surface area contributed by atoms with Gasteiger partial charge < -0.3 is 0 Å². The zero-order valence-electron chi connectivity index (χ0n) is 9.45. The number of piperidine rings is 1. The molecule has 1 heterocycles. The average molecular weight is 220 g/mol. The first-order valence-electron chi connectivity index (χ1n) is 4.93. The van der Waals surface area contributed by atoms with Crippen LogP contribution in [0.4, 0.5) is 0 Å². The summed E-state index contributed by atoms with van der Waals surface area (Å²) in [6, 6.07) is 0. The van der Waals surface area contributed by atoms with Gasteiger partial charge >= 0.3 is 0 Å². The van der Waals surface area contributed by atoms with E-state index in [1.807, 2.05) is 0 Å². The van der Waals surface area contributed by atoms with Crippen LogP contribution in [0, 0.1) is 5.41 Å². The van der Waals surface area contributed by atoms with Crippen molar-refractivity contribution < 1.29 is 8.42 Å². The van der Waals surface area contributed by atoms with E-state index in [-0.39, 0.29) is 0 Å². The Kier molecular flexibility index (Phi) is 3.23. The smallest absolute Gasteiger partial charge is 0.195 e. The molecule has 1 rings (SSSR count). The molecule has 0 saturated carbocycles. The van der Waals surface area contributed by atoms with Crippen LogP contribution in [-0.2, 0) is 10.2 Å². The lowest BCUT2D eigenvalue weighted by Gasteiger charge is -2.37. The van der Waals surface area contributed by atoms with Gasteiger partial charge in [-0.25, -0.2) is 0 Å². The van der Waals surface area contributed by atoms with Gasteiger partial charge in [-0.1, -0.05) is 13.8 Å². The molecule has 0 spiro atoms. The molecule has 4 nitrogen and oxygen atoms in total. The third-order valence-corrected chi connectivity index (χ3v) is 4.80. The average Bonchev–Trinajstić information content (AvgIpc) is 2.03. The molecule has 0 aromatic rings. The first-order chi connectivity index (χ1) is 6.26. The lowest BCUT2D eigenvalue weighted by Crippen LogP contribution is -2.46. The van der Waals surface area contributed by atoms with E-state index >= 15 is 0 Å². The predicted molar refractivity (Wildman–Crippen MR) is 57.2 cm³/mol. The Hall–Kier alpha value is -0.130. The van der Waals surface area contributed by atoms with Crippen molar-refractivity contribution in [2.75, 3.05) is 27.2 Å². The molecule has 0 unspecified atom stereocenters. The summed E-state index contributed by atoms with van der Waals surface area (Å²) in [5.74, 6) is 0. The van der Waals surface area contributed by atoms with Crippen LogP contribution in [0.5, 0.6) is 0 Å². The molecule has 1 aliphatic rings. The van der Waals surface area contributed by atoms with E-state index < -0.39 is 10.2 Å². The monoisotopic (exact) mass is 220 g/mol. The highest BCUT2D eigenvalue weighted by Gasteiger charge is 2.32. The zero-order valence-corrected chi connectivity index (χ0v) is 10.3. The Balaban J connectivity index is 2.68. The highest BCUT2D eigenvalue weighted by atomic mass is 32.2. The number of hydrogen-bond acceptors (Lipinski definition) is 2. The van der Waals surface area contributed by atoms with Gasteiger partial charge in [0.05, 0.1) is 0 Å². The van der Waals surface area contributed by atoms with Crippen molar-refractivity contribution in [2.24, 2.45) is 5.41 Å². The van der Waals surface area contributed by atoms with Gasteiger partial charge in [0.15, 0.2) is 0 Å². The molecule has 14 heavy (non-hydrogen) atoms. The lowest BCUT2D eigenvalue weighted by atomic mass is 9.83. The fourth-order valence-electron chi connectivity index (χ4n) is 1.55. The van der Waals surface area contributed by atoms with Gasteiger partial charge in [-0.15, -0.1) is 0 Å². The number of rotatable bonds is 2. The van der Waals surface area contributed by atoms with Crippen molar-refractivity contribution in [2.45, 2.75) is 26.7 Å². The minimum atomic E-state index is -3.18. The second-order valence-electron chi connectivity index (χ2n) is 4.85. The van der Waals surface area contributed by atoms with Crippen LogP contribution < -0.4 is 0 Å². The van der Waals surface area contributed by atoms with E-state index in [4.69, 9.17) is 0 Å². The largest absolute Gasteiger partial charge is 0.281 e. The maximum Gasteiger partial charge on any atom is 0.281 e. The van der Waals surface area contributed by atoms with Crippen molar-refractivity contribution in [1.29, 1.82) is 0 Å². The molecule has 1 aliphatic heterocycles. The van der Waals surface area contributed by atoms with E-state index in [0.29, 0.717) is 18.5 Å². The minimum absolute atomic E-state index is 0.290. The highest BCUT2D eigenvalue weighted by molar-refractivity contribution is 7.86. The fourth-order valence-corrected chi connectivity index (χ4v) is 2.66. The van der Waals surface area contributed by atoms with Crippen LogP contribution in [0.1, 0.15) is 26.7 Å². The molecule has 1 fully saturated rings. The predicted octanol–water partition coefficient (Wildman–Crippen LogP) is 0.915. The molecule has 0 bridgehead atoms. The van der Waals surface area contributed by atoms with Gasteiger partial charge in [0.1, 0.15) is 0 Å². The van der Waals surface area contributed by atoms with Gasteiger partial charge in [-0.05, 0) is 18.3 Å². The second kappa shape index (κ2) is 3.79. The van der Waals surface area contributed by atoms with Crippen molar-refractivity contribution >= 4 is 10.2 Å². The van der Waals surface area contributed by atoms with E-state index in [9.17, 15) is 8.42 Å². The standard InChI is InChI=1S/C9H20N2O2S/c1-9(2)5-7-11(8-6-9)14(12,13)10(3)4/h5-8H2,1-4H3. The topological polar surface area (TPSA) is 40.6 Å². The summed E-state index contributed by atoms with van der Waals surface area (Å²) in [5.41, 5.74) is 0.290. The van der Waals surface area contributed by atoms with Gasteiger partial charge in [0, 0.05) is 27.2 Å². The summed E-state index contributed by atoms with van der Waals surface area (Å²) in [4.78, 5) is 0. The van der Waals surface area contributed by atoms with Crippen LogP contribution >= 0.6 is 0 Å². The molecule has 5 heteroatoms. The zero-order chi connectivity index (χ0) is 11.0. The maximum absolute atomic E-state index is 11.7. The van der Waals surface area contributed by atoms with E-state index in [0.717, 1.165) is 12.8 Å².